The van der Waals surface area contributed by atoms with Crippen LogP contribution in [-0.4, -0.2) is 45.4 Å². The third-order valence-corrected chi connectivity index (χ3v) is 7.58. The van der Waals surface area contributed by atoms with Crippen LogP contribution in [0.25, 0.3) is 28.2 Å². The lowest BCUT2D eigenvalue weighted by Gasteiger charge is -2.23. The summed E-state index contributed by atoms with van der Waals surface area (Å²) in [6, 6.07) is 13.0. The second-order valence-electron chi connectivity index (χ2n) is 10.0. The fourth-order valence-electron chi connectivity index (χ4n) is 5.23. The largest absolute Gasteiger partial charge is 0.333 e. The number of anilines is 1. The van der Waals surface area contributed by atoms with E-state index in [2.05, 4.69) is 30.9 Å². The van der Waals surface area contributed by atoms with Gasteiger partial charge in [-0.15, -0.1) is 5.10 Å². The number of tetrazole rings is 1. The Morgan fingerprint density at radius 3 is 2.69 bits per heavy atom. The molecule has 2 unspecified atom stereocenters. The number of carbonyl (C=O) groups is 1. The summed E-state index contributed by atoms with van der Waals surface area (Å²) < 4.78 is 31.4. The van der Waals surface area contributed by atoms with Crippen molar-refractivity contribution in [3.8, 4) is 28.2 Å². The highest BCUT2D eigenvalue weighted by Gasteiger charge is 2.25. The lowest BCUT2D eigenvalue weighted by molar-refractivity contribution is -0.119. The van der Waals surface area contributed by atoms with E-state index >= 15 is 0 Å². The number of benzene rings is 2. The molecule has 0 fully saturated rings. The standard InChI is InChI=1S/C28H24ClF2N9O2/c1-16-4-2-7-23(17-5-3-6-18(10-17)26-22(35-27(16)42)13-34-40(26)28(30)31)38-14-32-21(12-25(38)41)20-11-19(29)8-9-24(20)39-15-33-36-37-39/h3,5-6,8-16,23,28H,2,4,7H2,1H3,(H,35,42). The number of aromatic nitrogens is 8. The van der Waals surface area contributed by atoms with Crippen LogP contribution in [0.2, 0.25) is 5.02 Å². The molecule has 3 aromatic heterocycles. The molecule has 1 aliphatic heterocycles. The lowest BCUT2D eigenvalue weighted by atomic mass is 9.94. The van der Waals surface area contributed by atoms with E-state index in [-0.39, 0.29) is 22.8 Å². The van der Waals surface area contributed by atoms with Gasteiger partial charge in [-0.25, -0.2) is 9.67 Å². The predicted octanol–water partition coefficient (Wildman–Crippen LogP) is 5.15. The highest BCUT2D eigenvalue weighted by Crippen LogP contribution is 2.35. The first-order chi connectivity index (χ1) is 20.3. The molecule has 0 saturated heterocycles. The molecule has 0 radical (unpaired) electrons. The summed E-state index contributed by atoms with van der Waals surface area (Å²) in [6.45, 7) is -1.14. The number of nitrogens with one attached hydrogen (secondary N) is 1. The van der Waals surface area contributed by atoms with Crippen LogP contribution in [0.5, 0.6) is 0 Å². The van der Waals surface area contributed by atoms with Gasteiger partial charge in [0.1, 0.15) is 6.33 Å². The van der Waals surface area contributed by atoms with Crippen LogP contribution >= 0.6 is 11.6 Å². The third kappa shape index (κ3) is 5.18. The average molecular weight is 592 g/mol. The zero-order valence-electron chi connectivity index (χ0n) is 22.2. The second kappa shape index (κ2) is 11.2. The third-order valence-electron chi connectivity index (χ3n) is 7.35. The van der Waals surface area contributed by atoms with Gasteiger partial charge < -0.3 is 5.32 Å². The van der Waals surface area contributed by atoms with E-state index in [4.69, 9.17) is 11.6 Å². The number of nitrogens with zero attached hydrogens (tertiary/aromatic N) is 8. The number of halogens is 3. The van der Waals surface area contributed by atoms with Gasteiger partial charge in [0.2, 0.25) is 5.91 Å². The van der Waals surface area contributed by atoms with Gasteiger partial charge in [-0.05, 0) is 53.1 Å². The number of hydrogen-bond acceptors (Lipinski definition) is 7. The Hall–Kier alpha value is -4.78. The molecule has 0 spiro atoms. The van der Waals surface area contributed by atoms with Crippen LogP contribution in [-0.2, 0) is 4.79 Å². The molecule has 2 atom stereocenters. The quantitative estimate of drug-likeness (QED) is 0.306. The minimum atomic E-state index is -2.92. The molecule has 6 rings (SSSR count). The fourth-order valence-corrected chi connectivity index (χ4v) is 5.40. The normalized spacial score (nSPS) is 17.3. The molecule has 1 aliphatic rings. The summed E-state index contributed by atoms with van der Waals surface area (Å²) in [5.41, 5.74) is 2.65. The van der Waals surface area contributed by atoms with Gasteiger partial charge >= 0.3 is 6.55 Å². The summed E-state index contributed by atoms with van der Waals surface area (Å²) in [5, 5.41) is 18.3. The molecule has 42 heavy (non-hydrogen) atoms. The highest BCUT2D eigenvalue weighted by molar-refractivity contribution is 6.31. The van der Waals surface area contributed by atoms with Gasteiger partial charge in [0.15, 0.2) is 0 Å². The Balaban J connectivity index is 1.45. The van der Waals surface area contributed by atoms with Crippen molar-refractivity contribution in [3.05, 3.63) is 88.3 Å². The van der Waals surface area contributed by atoms with Gasteiger partial charge in [0.05, 0.1) is 41.3 Å². The van der Waals surface area contributed by atoms with Crippen LogP contribution in [0.4, 0.5) is 14.5 Å². The summed E-state index contributed by atoms with van der Waals surface area (Å²) in [5.74, 6) is -0.683. The monoisotopic (exact) mass is 591 g/mol. The van der Waals surface area contributed by atoms with Crippen molar-refractivity contribution in [2.75, 3.05) is 5.32 Å². The summed E-state index contributed by atoms with van der Waals surface area (Å²) in [4.78, 5) is 31.1. The first-order valence-electron chi connectivity index (χ1n) is 13.2. The zero-order valence-corrected chi connectivity index (χ0v) is 23.0. The molecule has 1 amide bonds. The molecule has 214 valence electrons. The van der Waals surface area contributed by atoms with Crippen LogP contribution in [0.3, 0.4) is 0 Å². The van der Waals surface area contributed by atoms with E-state index in [9.17, 15) is 18.4 Å². The number of alkyl halides is 2. The van der Waals surface area contributed by atoms with Crippen molar-refractivity contribution in [2.24, 2.45) is 5.92 Å². The van der Waals surface area contributed by atoms with Crippen molar-refractivity contribution in [3.63, 3.8) is 0 Å². The molecule has 2 aromatic carbocycles. The van der Waals surface area contributed by atoms with Crippen LogP contribution in [0, 0.1) is 5.92 Å². The predicted molar refractivity (Wildman–Crippen MR) is 150 cm³/mol. The maximum atomic E-state index is 13.9. The van der Waals surface area contributed by atoms with Gasteiger partial charge in [0.25, 0.3) is 5.56 Å². The average Bonchev–Trinajstić information content (AvgIpc) is 3.66. The fraction of sp³-hybridized carbons (Fsp3) is 0.250. The smallest absolute Gasteiger partial charge is 0.323 e. The van der Waals surface area contributed by atoms with Crippen LogP contribution in [0.1, 0.15) is 44.3 Å². The van der Waals surface area contributed by atoms with E-state index in [0.717, 1.165) is 5.56 Å². The van der Waals surface area contributed by atoms with E-state index in [1.807, 2.05) is 6.07 Å². The van der Waals surface area contributed by atoms with Crippen LogP contribution < -0.4 is 10.9 Å². The van der Waals surface area contributed by atoms with E-state index in [0.29, 0.717) is 51.5 Å². The van der Waals surface area contributed by atoms with Gasteiger partial charge in [-0.2, -0.15) is 18.6 Å². The van der Waals surface area contributed by atoms with Gasteiger partial charge in [-0.1, -0.05) is 43.1 Å². The highest BCUT2D eigenvalue weighted by atomic mass is 35.5. The molecule has 4 heterocycles. The topological polar surface area (TPSA) is 125 Å². The summed E-state index contributed by atoms with van der Waals surface area (Å²) >= 11 is 6.27. The number of carbonyl (C=O) groups excluding carboxylic acids is 1. The molecular formula is C28H24ClF2N9O2. The first kappa shape index (κ1) is 27.4. The first-order valence-corrected chi connectivity index (χ1v) is 13.6. The molecule has 1 N–H and O–H groups in total. The lowest BCUT2D eigenvalue weighted by Crippen LogP contribution is -2.26. The minimum absolute atomic E-state index is 0.0867. The van der Waals surface area contributed by atoms with Gasteiger partial charge in [-0.3, -0.25) is 14.2 Å². The SMILES string of the molecule is CC1CCCC(n2cnc(-c3cc(Cl)ccc3-n3cnnn3)cc2=O)c2cccc(c2)-c2c(cnn2C(F)F)NC1=O. The molecule has 11 nitrogen and oxygen atoms in total. The maximum absolute atomic E-state index is 13.9. The molecule has 0 aliphatic carbocycles. The van der Waals surface area contributed by atoms with Crippen molar-refractivity contribution in [1.82, 2.24) is 39.5 Å². The number of hydrogen-bond donors (Lipinski definition) is 1. The van der Waals surface area contributed by atoms with Crippen LogP contribution in [0.15, 0.2) is 72.2 Å². The van der Waals surface area contributed by atoms with Crippen molar-refractivity contribution < 1.29 is 13.6 Å². The van der Waals surface area contributed by atoms with E-state index in [1.54, 1.807) is 43.3 Å². The van der Waals surface area contributed by atoms with Gasteiger partial charge in [0, 0.05) is 28.1 Å². The Kier molecular flexibility index (Phi) is 7.33. The Morgan fingerprint density at radius 1 is 1.07 bits per heavy atom. The summed E-state index contributed by atoms with van der Waals surface area (Å²) in [6.07, 6.45) is 5.79. The zero-order chi connectivity index (χ0) is 29.4. The Labute approximate surface area is 242 Å². The maximum Gasteiger partial charge on any atom is 0.333 e. The minimum Gasteiger partial charge on any atom is -0.323 e. The van der Waals surface area contributed by atoms with E-state index in [1.165, 1.54) is 34.2 Å². The summed E-state index contributed by atoms with van der Waals surface area (Å²) in [7, 11) is 0. The van der Waals surface area contributed by atoms with Crippen molar-refractivity contribution in [2.45, 2.75) is 38.8 Å². The van der Waals surface area contributed by atoms with Crippen molar-refractivity contribution >= 4 is 23.2 Å². The molecule has 2 bridgehead atoms. The van der Waals surface area contributed by atoms with Crippen molar-refractivity contribution in [1.29, 1.82) is 0 Å². The Morgan fingerprint density at radius 2 is 1.93 bits per heavy atom. The molecular weight excluding hydrogens is 568 g/mol. The molecule has 14 heteroatoms. The van der Waals surface area contributed by atoms with E-state index < -0.39 is 18.5 Å². The molecule has 5 aromatic rings. The second-order valence-corrected chi connectivity index (χ2v) is 10.5. The number of rotatable bonds is 4. The molecule has 0 saturated carbocycles. The number of amides is 1. The number of fused-ring (bicyclic) bond motifs is 4. The Bertz CT molecular complexity index is 1820.